The summed E-state index contributed by atoms with van der Waals surface area (Å²) in [7, 11) is 3.77. The average Bonchev–Trinajstić information content (AvgIpc) is 2.83. The van der Waals surface area contributed by atoms with E-state index in [1.165, 1.54) is 0 Å². The number of piperazine rings is 2. The molecule has 0 spiro atoms. The molecule has 9 heteroatoms. The molecule has 2 fully saturated rings. The molecule has 0 unspecified atom stereocenters. The topological polar surface area (TPSA) is 74.3 Å². The van der Waals surface area contributed by atoms with Crippen LogP contribution in [0.1, 0.15) is 5.82 Å². The highest BCUT2D eigenvalue weighted by Crippen LogP contribution is 2.22. The van der Waals surface area contributed by atoms with E-state index in [9.17, 15) is 4.79 Å². The molecular weight excluding hydrogens is 408 g/mol. The molecular formula is C23H32N6O3. The molecule has 32 heavy (non-hydrogen) atoms. The zero-order valence-electron chi connectivity index (χ0n) is 19.2. The number of carbonyl (C=O) groups excluding carboxylic acids is 1. The van der Waals surface area contributed by atoms with E-state index < -0.39 is 0 Å². The summed E-state index contributed by atoms with van der Waals surface area (Å²) in [6, 6.07) is 9.33. The van der Waals surface area contributed by atoms with Crippen LogP contribution in [0.5, 0.6) is 11.5 Å². The third-order valence-electron chi connectivity index (χ3n) is 6.02. The van der Waals surface area contributed by atoms with Gasteiger partial charge < -0.3 is 29.1 Å². The molecule has 3 heterocycles. The molecule has 1 aromatic carbocycles. The second kappa shape index (κ2) is 10.0. The molecule has 1 amide bonds. The smallest absolute Gasteiger partial charge is 0.260 e. The lowest BCUT2D eigenvalue weighted by atomic mass is 10.3. The number of methoxy groups -OCH3 is 1. The Bertz CT molecular complexity index is 906. The molecule has 0 saturated carbocycles. The highest BCUT2D eigenvalue weighted by atomic mass is 16.5. The molecule has 2 aromatic rings. The van der Waals surface area contributed by atoms with E-state index in [1.807, 2.05) is 24.0 Å². The van der Waals surface area contributed by atoms with Crippen LogP contribution in [0.2, 0.25) is 0 Å². The van der Waals surface area contributed by atoms with Crippen LogP contribution in [-0.2, 0) is 4.79 Å². The normalized spacial score (nSPS) is 17.4. The third-order valence-corrected chi connectivity index (χ3v) is 6.02. The number of aromatic nitrogens is 2. The van der Waals surface area contributed by atoms with Crippen LogP contribution < -0.4 is 19.3 Å². The van der Waals surface area contributed by atoms with Crippen LogP contribution in [0.4, 0.5) is 11.6 Å². The van der Waals surface area contributed by atoms with Crippen molar-refractivity contribution in [1.82, 2.24) is 19.8 Å². The van der Waals surface area contributed by atoms with Crippen molar-refractivity contribution in [1.29, 1.82) is 0 Å². The maximum Gasteiger partial charge on any atom is 0.260 e. The Labute approximate surface area is 189 Å². The van der Waals surface area contributed by atoms with E-state index in [0.29, 0.717) is 18.8 Å². The fraction of sp³-hybridized carbons (Fsp3) is 0.522. The number of benzene rings is 1. The van der Waals surface area contributed by atoms with Crippen LogP contribution in [-0.4, -0.2) is 98.8 Å². The fourth-order valence-corrected chi connectivity index (χ4v) is 3.99. The SMILES string of the molecule is COc1ccc(OCC(=O)N2CCN(c3cc(N4CCN(C)CC4)nc(C)n3)CC2)cc1. The van der Waals surface area contributed by atoms with Crippen LogP contribution in [0, 0.1) is 6.92 Å². The number of aryl methyl sites for hydroxylation is 1. The monoisotopic (exact) mass is 440 g/mol. The molecule has 0 bridgehead atoms. The molecule has 9 nitrogen and oxygen atoms in total. The molecule has 2 aliphatic heterocycles. The first-order chi connectivity index (χ1) is 15.5. The Morgan fingerprint density at radius 3 is 1.97 bits per heavy atom. The van der Waals surface area contributed by atoms with Gasteiger partial charge in [0.05, 0.1) is 7.11 Å². The number of likely N-dealkylation sites (N-methyl/N-ethyl adjacent to an activating group) is 1. The van der Waals surface area contributed by atoms with E-state index in [1.54, 1.807) is 19.2 Å². The Morgan fingerprint density at radius 2 is 1.41 bits per heavy atom. The average molecular weight is 441 g/mol. The van der Waals surface area contributed by atoms with E-state index in [-0.39, 0.29) is 12.5 Å². The minimum atomic E-state index is -0.00235. The van der Waals surface area contributed by atoms with Gasteiger partial charge in [-0.05, 0) is 38.2 Å². The quantitative estimate of drug-likeness (QED) is 0.665. The minimum Gasteiger partial charge on any atom is -0.497 e. The number of hydrogen-bond donors (Lipinski definition) is 0. The van der Waals surface area contributed by atoms with Crippen LogP contribution in [0.25, 0.3) is 0 Å². The van der Waals surface area contributed by atoms with Crippen molar-refractivity contribution in [2.45, 2.75) is 6.92 Å². The van der Waals surface area contributed by atoms with E-state index >= 15 is 0 Å². The second-order valence-corrected chi connectivity index (χ2v) is 8.25. The van der Waals surface area contributed by atoms with Gasteiger partial charge in [-0.2, -0.15) is 0 Å². The van der Waals surface area contributed by atoms with Gasteiger partial charge in [0.25, 0.3) is 5.91 Å². The first kappa shape index (κ1) is 22.1. The number of ether oxygens (including phenoxy) is 2. The molecule has 2 aliphatic rings. The van der Waals surface area contributed by atoms with E-state index in [2.05, 4.69) is 37.8 Å². The number of carbonyl (C=O) groups is 1. The molecule has 1 aromatic heterocycles. The van der Waals surface area contributed by atoms with E-state index in [4.69, 9.17) is 9.47 Å². The molecule has 0 atom stereocenters. The van der Waals surface area contributed by atoms with Gasteiger partial charge in [0.2, 0.25) is 0 Å². The maximum atomic E-state index is 12.6. The largest absolute Gasteiger partial charge is 0.497 e. The summed E-state index contributed by atoms with van der Waals surface area (Å²) in [4.78, 5) is 30.7. The summed E-state index contributed by atoms with van der Waals surface area (Å²) in [5.41, 5.74) is 0. The Morgan fingerprint density at radius 1 is 0.875 bits per heavy atom. The Kier molecular flexibility index (Phi) is 6.94. The second-order valence-electron chi connectivity index (χ2n) is 8.25. The summed E-state index contributed by atoms with van der Waals surface area (Å²) in [6.07, 6.45) is 0. The highest BCUT2D eigenvalue weighted by molar-refractivity contribution is 5.78. The van der Waals surface area contributed by atoms with Gasteiger partial charge in [-0.25, -0.2) is 9.97 Å². The van der Waals surface area contributed by atoms with Crippen LogP contribution >= 0.6 is 0 Å². The number of hydrogen-bond acceptors (Lipinski definition) is 8. The minimum absolute atomic E-state index is 0.00235. The molecule has 4 rings (SSSR count). The number of anilines is 2. The number of rotatable bonds is 6. The zero-order chi connectivity index (χ0) is 22.5. The van der Waals surface area contributed by atoms with Crippen molar-refractivity contribution >= 4 is 17.5 Å². The van der Waals surface area contributed by atoms with Gasteiger partial charge in [0.1, 0.15) is 29.0 Å². The predicted molar refractivity (Wildman–Crippen MR) is 124 cm³/mol. The summed E-state index contributed by atoms with van der Waals surface area (Å²) < 4.78 is 10.8. The summed E-state index contributed by atoms with van der Waals surface area (Å²) >= 11 is 0. The van der Waals surface area contributed by atoms with Crippen LogP contribution in [0.15, 0.2) is 30.3 Å². The lowest BCUT2D eigenvalue weighted by Gasteiger charge is -2.36. The number of amides is 1. The lowest BCUT2D eigenvalue weighted by Crippen LogP contribution is -2.50. The first-order valence-corrected chi connectivity index (χ1v) is 11.1. The van der Waals surface area contributed by atoms with Crippen molar-refractivity contribution < 1.29 is 14.3 Å². The van der Waals surface area contributed by atoms with Crippen molar-refractivity contribution in [2.75, 3.05) is 82.9 Å². The predicted octanol–water partition coefficient (Wildman–Crippen LogP) is 1.27. The van der Waals surface area contributed by atoms with Crippen LogP contribution in [0.3, 0.4) is 0 Å². The summed E-state index contributed by atoms with van der Waals surface area (Å²) in [5.74, 6) is 4.13. The molecule has 0 N–H and O–H groups in total. The van der Waals surface area contributed by atoms with Crippen molar-refractivity contribution in [2.24, 2.45) is 0 Å². The van der Waals surface area contributed by atoms with Crippen molar-refractivity contribution in [3.05, 3.63) is 36.2 Å². The molecule has 2 saturated heterocycles. The Balaban J connectivity index is 1.30. The van der Waals surface area contributed by atoms with Gasteiger partial charge in [-0.3, -0.25) is 4.79 Å². The third kappa shape index (κ3) is 5.40. The van der Waals surface area contributed by atoms with Crippen molar-refractivity contribution in [3.63, 3.8) is 0 Å². The molecule has 0 aliphatic carbocycles. The lowest BCUT2D eigenvalue weighted by molar-refractivity contribution is -0.133. The first-order valence-electron chi connectivity index (χ1n) is 11.1. The van der Waals surface area contributed by atoms with Gasteiger partial charge in [0.15, 0.2) is 6.61 Å². The summed E-state index contributed by atoms with van der Waals surface area (Å²) in [6.45, 7) is 8.79. The van der Waals surface area contributed by atoms with Gasteiger partial charge in [-0.15, -0.1) is 0 Å². The zero-order valence-corrected chi connectivity index (χ0v) is 19.2. The standard InChI is InChI=1S/C23H32N6O3/c1-18-24-21(27-10-8-26(2)9-11-27)16-22(25-18)28-12-14-29(15-13-28)23(30)17-32-20-6-4-19(31-3)5-7-20/h4-7,16H,8-15,17H2,1-3H3. The van der Waals surface area contributed by atoms with Gasteiger partial charge in [-0.1, -0.05) is 0 Å². The molecule has 0 radical (unpaired) electrons. The highest BCUT2D eigenvalue weighted by Gasteiger charge is 2.24. The van der Waals surface area contributed by atoms with E-state index in [0.717, 1.165) is 62.5 Å². The fourth-order valence-electron chi connectivity index (χ4n) is 3.99. The maximum absolute atomic E-state index is 12.6. The molecule has 172 valence electrons. The van der Waals surface area contributed by atoms with Gasteiger partial charge in [0, 0.05) is 58.4 Å². The summed E-state index contributed by atoms with van der Waals surface area (Å²) in [5, 5.41) is 0. The number of nitrogens with zero attached hydrogens (tertiary/aromatic N) is 6. The Hall–Kier alpha value is -3.07. The van der Waals surface area contributed by atoms with Crippen molar-refractivity contribution in [3.8, 4) is 11.5 Å². The van der Waals surface area contributed by atoms with Gasteiger partial charge >= 0.3 is 0 Å².